The molecular formula is C12H11F5O. The van der Waals surface area contributed by atoms with Crippen LogP contribution in [0.25, 0.3) is 0 Å². The van der Waals surface area contributed by atoms with Crippen LogP contribution in [-0.2, 0) is 4.79 Å². The van der Waals surface area contributed by atoms with Gasteiger partial charge < -0.3 is 0 Å². The zero-order chi connectivity index (χ0) is 13.9. The summed E-state index contributed by atoms with van der Waals surface area (Å²) in [5.74, 6) is -6.18. The second-order valence-corrected chi connectivity index (χ2v) is 4.39. The maximum absolute atomic E-state index is 14.4. The predicted molar refractivity (Wildman–Crippen MR) is 54.4 cm³/mol. The molecule has 0 aromatic rings. The summed E-state index contributed by atoms with van der Waals surface area (Å²) in [6, 6.07) is 0. The van der Waals surface area contributed by atoms with E-state index in [0.717, 1.165) is 0 Å². The molecule has 0 heterocycles. The van der Waals surface area contributed by atoms with E-state index in [-0.39, 0.29) is 12.8 Å². The number of carbonyl (C=O) groups is 1. The van der Waals surface area contributed by atoms with Crippen LogP contribution >= 0.6 is 0 Å². The van der Waals surface area contributed by atoms with Gasteiger partial charge in [-0.2, -0.15) is 0 Å². The highest BCUT2D eigenvalue weighted by Crippen LogP contribution is 2.58. The van der Waals surface area contributed by atoms with E-state index in [2.05, 4.69) is 0 Å². The summed E-state index contributed by atoms with van der Waals surface area (Å²) < 4.78 is 69.5. The SMILES string of the molecule is CCC1=C(CC)[C@@]2(F)C(F)=C(F)[C@@]1(F)C(=O)[C@H]2F. The van der Waals surface area contributed by atoms with Crippen molar-refractivity contribution in [2.75, 3.05) is 0 Å². The minimum Gasteiger partial charge on any atom is -0.292 e. The molecule has 0 saturated heterocycles. The van der Waals surface area contributed by atoms with Crippen LogP contribution in [0.3, 0.4) is 0 Å². The largest absolute Gasteiger partial charge is 0.292 e. The first kappa shape index (κ1) is 13.2. The third kappa shape index (κ3) is 1.09. The molecule has 0 aromatic heterocycles. The lowest BCUT2D eigenvalue weighted by Gasteiger charge is -2.45. The number of fused-ring (bicyclic) bond motifs is 1. The maximum atomic E-state index is 14.4. The van der Waals surface area contributed by atoms with Crippen LogP contribution in [0.5, 0.6) is 0 Å². The van der Waals surface area contributed by atoms with E-state index in [1.165, 1.54) is 13.8 Å². The molecule has 3 aliphatic rings. The van der Waals surface area contributed by atoms with Crippen molar-refractivity contribution in [2.24, 2.45) is 0 Å². The van der Waals surface area contributed by atoms with E-state index in [4.69, 9.17) is 0 Å². The van der Waals surface area contributed by atoms with Crippen LogP contribution in [-0.4, -0.2) is 23.3 Å². The summed E-state index contributed by atoms with van der Waals surface area (Å²) in [7, 11) is 0. The number of halogens is 5. The highest BCUT2D eigenvalue weighted by atomic mass is 19.2. The van der Waals surface area contributed by atoms with E-state index in [1.54, 1.807) is 0 Å². The van der Waals surface area contributed by atoms with Gasteiger partial charge in [0.05, 0.1) is 0 Å². The number of hydrogen-bond donors (Lipinski definition) is 0. The molecule has 0 amide bonds. The molecule has 0 unspecified atom stereocenters. The number of allylic oxidation sites excluding steroid dienone is 4. The topological polar surface area (TPSA) is 17.1 Å². The number of alkyl halides is 3. The van der Waals surface area contributed by atoms with Crippen molar-refractivity contribution in [1.82, 2.24) is 0 Å². The average molecular weight is 266 g/mol. The second kappa shape index (κ2) is 3.65. The molecule has 3 rings (SSSR count). The Balaban J connectivity index is 2.86. The number of carbonyl (C=O) groups excluding carboxylic acids is 1. The van der Waals surface area contributed by atoms with Crippen molar-refractivity contribution >= 4 is 5.78 Å². The van der Waals surface area contributed by atoms with Gasteiger partial charge in [0.1, 0.15) is 0 Å². The highest BCUT2D eigenvalue weighted by molar-refractivity contribution is 6.03. The third-order valence-corrected chi connectivity index (χ3v) is 3.66. The first-order valence-corrected chi connectivity index (χ1v) is 5.63. The van der Waals surface area contributed by atoms with Crippen LogP contribution in [0.15, 0.2) is 22.8 Å². The molecule has 0 aromatic carbocycles. The van der Waals surface area contributed by atoms with Gasteiger partial charge >= 0.3 is 0 Å². The lowest BCUT2D eigenvalue weighted by Crippen LogP contribution is -2.62. The summed E-state index contributed by atoms with van der Waals surface area (Å²) in [5, 5.41) is 0. The molecule has 0 N–H and O–H groups in total. The molecule has 3 aliphatic carbocycles. The summed E-state index contributed by atoms with van der Waals surface area (Å²) in [6.45, 7) is 2.75. The first-order valence-electron chi connectivity index (χ1n) is 5.63. The Morgan fingerprint density at radius 3 is 2.00 bits per heavy atom. The Hall–Kier alpha value is -1.20. The van der Waals surface area contributed by atoms with Crippen molar-refractivity contribution < 1.29 is 26.7 Å². The smallest absolute Gasteiger partial charge is 0.246 e. The lowest BCUT2D eigenvalue weighted by molar-refractivity contribution is -0.142. The Kier molecular flexibility index (Phi) is 2.68. The Bertz CT molecular complexity index is 495. The van der Waals surface area contributed by atoms with Gasteiger partial charge in [-0.15, -0.1) is 0 Å². The van der Waals surface area contributed by atoms with Gasteiger partial charge in [0, 0.05) is 0 Å². The minimum absolute atomic E-state index is 0.190. The van der Waals surface area contributed by atoms with Gasteiger partial charge in [0.25, 0.3) is 0 Å². The van der Waals surface area contributed by atoms with Crippen molar-refractivity contribution in [1.29, 1.82) is 0 Å². The fourth-order valence-electron chi connectivity index (χ4n) is 2.81. The first-order chi connectivity index (χ1) is 8.27. The molecule has 18 heavy (non-hydrogen) atoms. The molecule has 0 saturated carbocycles. The van der Waals surface area contributed by atoms with Gasteiger partial charge in [-0.1, -0.05) is 13.8 Å². The molecule has 0 radical (unpaired) electrons. The molecule has 0 aliphatic heterocycles. The summed E-state index contributed by atoms with van der Waals surface area (Å²) in [5.41, 5.74) is -7.95. The number of hydrogen-bond acceptors (Lipinski definition) is 1. The van der Waals surface area contributed by atoms with Crippen LogP contribution in [0, 0.1) is 0 Å². The Labute approximate surface area is 100 Å². The second-order valence-electron chi connectivity index (χ2n) is 4.39. The predicted octanol–water partition coefficient (Wildman–Crippen LogP) is 3.60. The van der Waals surface area contributed by atoms with Crippen LogP contribution in [0.2, 0.25) is 0 Å². The molecule has 0 spiro atoms. The molecule has 0 fully saturated rings. The molecule has 100 valence electrons. The van der Waals surface area contributed by atoms with E-state index in [0.29, 0.717) is 0 Å². The molecule has 2 bridgehead atoms. The minimum atomic E-state index is -3.48. The highest BCUT2D eigenvalue weighted by Gasteiger charge is 2.71. The Morgan fingerprint density at radius 1 is 1.06 bits per heavy atom. The maximum Gasteiger partial charge on any atom is 0.246 e. The van der Waals surface area contributed by atoms with Crippen LogP contribution in [0.4, 0.5) is 22.0 Å². The van der Waals surface area contributed by atoms with E-state index in [9.17, 15) is 26.7 Å². The molecule has 6 heteroatoms. The quantitative estimate of drug-likeness (QED) is 0.551. The van der Waals surface area contributed by atoms with Crippen LogP contribution in [0.1, 0.15) is 26.7 Å². The molecule has 1 nitrogen and oxygen atoms in total. The van der Waals surface area contributed by atoms with Gasteiger partial charge in [0.15, 0.2) is 11.7 Å². The fourth-order valence-corrected chi connectivity index (χ4v) is 2.81. The van der Waals surface area contributed by atoms with Crippen molar-refractivity contribution in [3.8, 4) is 0 Å². The van der Waals surface area contributed by atoms with Gasteiger partial charge in [-0.3, -0.25) is 4.79 Å². The van der Waals surface area contributed by atoms with Crippen molar-refractivity contribution in [2.45, 2.75) is 44.2 Å². The van der Waals surface area contributed by atoms with E-state index >= 15 is 0 Å². The van der Waals surface area contributed by atoms with Crippen molar-refractivity contribution in [3.63, 3.8) is 0 Å². The van der Waals surface area contributed by atoms with Gasteiger partial charge in [-0.05, 0) is 24.0 Å². The van der Waals surface area contributed by atoms with Crippen molar-refractivity contribution in [3.05, 3.63) is 22.8 Å². The summed E-state index contributed by atoms with van der Waals surface area (Å²) in [6.07, 6.45) is -3.42. The molecule has 3 atom stereocenters. The monoisotopic (exact) mass is 266 g/mol. The third-order valence-electron chi connectivity index (χ3n) is 3.66. The summed E-state index contributed by atoms with van der Waals surface area (Å²) >= 11 is 0. The fraction of sp³-hybridized carbons (Fsp3) is 0.583. The number of Topliss-reactive ketones (excluding diaryl/α,β-unsaturated/α-hetero) is 1. The van der Waals surface area contributed by atoms with Gasteiger partial charge in [-0.25, -0.2) is 22.0 Å². The van der Waals surface area contributed by atoms with E-state index < -0.39 is 46.1 Å². The van der Waals surface area contributed by atoms with E-state index in [1.807, 2.05) is 0 Å². The Morgan fingerprint density at radius 2 is 1.56 bits per heavy atom. The summed E-state index contributed by atoms with van der Waals surface area (Å²) in [4.78, 5) is 11.4. The average Bonchev–Trinajstić information content (AvgIpc) is 2.36. The molecular weight excluding hydrogens is 255 g/mol. The zero-order valence-electron chi connectivity index (χ0n) is 9.79. The lowest BCUT2D eigenvalue weighted by atomic mass is 9.63. The van der Waals surface area contributed by atoms with Gasteiger partial charge in [0.2, 0.25) is 23.3 Å². The van der Waals surface area contributed by atoms with Crippen LogP contribution < -0.4 is 0 Å². The standard InChI is InChI=1S/C12H11F5O/c1-3-5-6(4-2)12(17)8(14)7(13)11(5,16)9(15)10(12)18/h9H,3-4H2,1-2H3/t9-,11-,12-/m1/s1. The number of rotatable bonds is 2. The normalized spacial score (nSPS) is 39.9. The zero-order valence-corrected chi connectivity index (χ0v) is 9.79. The number of ketones is 1.